The molecule has 2 aliphatic heterocycles. The smallest absolute Gasteiger partial charge is 0.309 e. The summed E-state index contributed by atoms with van der Waals surface area (Å²) < 4.78 is 26.9. The maximum atomic E-state index is 14.9. The van der Waals surface area contributed by atoms with E-state index in [-0.39, 0.29) is 48.3 Å². The zero-order chi connectivity index (χ0) is 35.9. The number of hydrogen-bond donors (Lipinski definition) is 0. The number of Topliss-reactive ketones (excluding diaryl/α,β-unsaturated/α-hetero) is 1. The van der Waals surface area contributed by atoms with Crippen LogP contribution in [-0.2, 0) is 27.9 Å². The number of cyclic esters (lactones) is 1. The van der Waals surface area contributed by atoms with E-state index in [1.807, 2.05) is 39.2 Å². The Hall–Kier alpha value is -1.18. The first-order valence-electron chi connectivity index (χ1n) is 19.0. The van der Waals surface area contributed by atoms with Crippen LogP contribution in [0.4, 0.5) is 0 Å². The number of aromatic nitrogens is 1. The lowest BCUT2D eigenvalue weighted by molar-refractivity contribution is -0.153. The monoisotopic (exact) mass is 721 g/mol. The van der Waals surface area contributed by atoms with Crippen molar-refractivity contribution < 1.29 is 27.9 Å². The molecule has 1 aromatic heterocycles. The molecule has 0 radical (unpaired) electrons. The van der Waals surface area contributed by atoms with E-state index in [1.165, 1.54) is 0 Å². The number of hydrogen-bond acceptors (Lipinski definition) is 8. The van der Waals surface area contributed by atoms with Crippen molar-refractivity contribution in [2.45, 2.75) is 182 Å². The fourth-order valence-corrected chi connectivity index (χ4v) is 14.3. The van der Waals surface area contributed by atoms with Crippen LogP contribution in [0.3, 0.4) is 0 Å². The summed E-state index contributed by atoms with van der Waals surface area (Å²) in [6, 6.07) is 5.92. The number of thiazole rings is 1. The molecule has 1 aromatic rings. The summed E-state index contributed by atoms with van der Waals surface area (Å²) in [4.78, 5) is 33.5. The van der Waals surface area contributed by atoms with Crippen LogP contribution < -0.4 is 0 Å². The van der Waals surface area contributed by atoms with Crippen LogP contribution in [0, 0.1) is 24.2 Å². The molecular formula is C38H67NO6SSi2. The molecule has 0 aromatic carbocycles. The topological polar surface area (TPSA) is 87.2 Å². The second-order valence-electron chi connectivity index (χ2n) is 15.3. The molecular weight excluding hydrogens is 655 g/mol. The normalized spacial score (nSPS) is 29.8. The summed E-state index contributed by atoms with van der Waals surface area (Å²) >= 11 is 1.61. The van der Waals surface area contributed by atoms with Gasteiger partial charge in [0.05, 0.1) is 41.5 Å². The second kappa shape index (κ2) is 17.8. The van der Waals surface area contributed by atoms with Crippen LogP contribution in [0.15, 0.2) is 11.0 Å². The molecule has 0 saturated carbocycles. The van der Waals surface area contributed by atoms with Gasteiger partial charge in [0.25, 0.3) is 0 Å². The van der Waals surface area contributed by atoms with E-state index in [9.17, 15) is 9.59 Å². The molecule has 0 spiro atoms. The molecule has 48 heavy (non-hydrogen) atoms. The first-order chi connectivity index (χ1) is 22.6. The molecule has 274 valence electrons. The molecule has 0 N–H and O–H groups in total. The van der Waals surface area contributed by atoms with Crippen LogP contribution >= 0.6 is 11.3 Å². The molecule has 10 heteroatoms. The second-order valence-corrected chi connectivity index (χ2v) is 25.8. The predicted molar refractivity (Wildman–Crippen MR) is 203 cm³/mol. The fraction of sp³-hybridized carbons (Fsp3) is 0.816. The van der Waals surface area contributed by atoms with Gasteiger partial charge < -0.3 is 18.3 Å². The summed E-state index contributed by atoms with van der Waals surface area (Å²) in [6.45, 7) is 25.7. The first kappa shape index (κ1) is 41.2. The molecule has 7 atom stereocenters. The van der Waals surface area contributed by atoms with Crippen molar-refractivity contribution in [3.05, 3.63) is 21.7 Å². The van der Waals surface area contributed by atoms with Crippen molar-refractivity contribution in [1.82, 2.24) is 4.98 Å². The maximum Gasteiger partial charge on any atom is 0.309 e. The van der Waals surface area contributed by atoms with Gasteiger partial charge in [-0.05, 0) is 80.5 Å². The van der Waals surface area contributed by atoms with Crippen molar-refractivity contribution in [2.24, 2.45) is 17.3 Å². The Balaban J connectivity index is 2.05. The third kappa shape index (κ3) is 10.2. The molecule has 3 rings (SSSR count). The lowest BCUT2D eigenvalue weighted by Gasteiger charge is -2.44. The van der Waals surface area contributed by atoms with Crippen molar-refractivity contribution in [2.75, 3.05) is 0 Å². The van der Waals surface area contributed by atoms with E-state index < -0.39 is 34.3 Å². The van der Waals surface area contributed by atoms with Crippen molar-refractivity contribution in [3.8, 4) is 0 Å². The summed E-state index contributed by atoms with van der Waals surface area (Å²) in [5, 5.41) is 3.03. The van der Waals surface area contributed by atoms with Crippen molar-refractivity contribution in [1.29, 1.82) is 0 Å². The van der Waals surface area contributed by atoms with E-state index in [4.69, 9.17) is 18.3 Å². The lowest BCUT2D eigenvalue weighted by atomic mass is 9.73. The van der Waals surface area contributed by atoms with Crippen LogP contribution in [0.1, 0.15) is 119 Å². The number of carbonyl (C=O) groups excluding carboxylic acids is 2. The number of aryl methyl sites for hydroxylation is 1. The summed E-state index contributed by atoms with van der Waals surface area (Å²) in [7, 11) is -4.21. The molecule has 0 amide bonds. The lowest BCUT2D eigenvalue weighted by Crippen LogP contribution is -2.53. The van der Waals surface area contributed by atoms with Crippen LogP contribution in [0.2, 0.25) is 36.3 Å². The number of ketones is 1. The highest BCUT2D eigenvalue weighted by molar-refractivity contribution is 7.09. The van der Waals surface area contributed by atoms with Gasteiger partial charge in [-0.25, -0.2) is 4.98 Å². The third-order valence-corrected chi connectivity index (χ3v) is 22.1. The van der Waals surface area contributed by atoms with Gasteiger partial charge in [-0.15, -0.1) is 11.3 Å². The molecule has 2 saturated heterocycles. The van der Waals surface area contributed by atoms with E-state index in [0.717, 1.165) is 71.8 Å². The van der Waals surface area contributed by atoms with Crippen molar-refractivity contribution >= 4 is 45.8 Å². The van der Waals surface area contributed by atoms with Gasteiger partial charge in [0.1, 0.15) is 11.9 Å². The SMILES string of the molecule is CC[Si](CC)(CC)O[C@H]1CC(=O)OC(/C(C)=C/c2csc(C)n2)C[C@@H]2O[C@@H]2CCCC(C)[C@H](O[Si](CC)(CC)CC)[C@@H](C)C(=O)C1(C)C. The number of nitrogens with zero attached hydrogens (tertiary/aromatic N) is 1. The summed E-state index contributed by atoms with van der Waals surface area (Å²) in [6.07, 6.45) is 4.65. The molecule has 2 fully saturated rings. The van der Waals surface area contributed by atoms with E-state index in [2.05, 4.69) is 60.4 Å². The average molecular weight is 722 g/mol. The van der Waals surface area contributed by atoms with Gasteiger partial charge >= 0.3 is 5.97 Å². The Morgan fingerprint density at radius 2 is 1.54 bits per heavy atom. The van der Waals surface area contributed by atoms with Crippen molar-refractivity contribution in [3.63, 3.8) is 0 Å². The predicted octanol–water partition coefficient (Wildman–Crippen LogP) is 10.1. The zero-order valence-electron chi connectivity index (χ0n) is 32.3. The number of rotatable bonds is 12. The van der Waals surface area contributed by atoms with Gasteiger partial charge in [0, 0.05) is 23.1 Å². The summed E-state index contributed by atoms with van der Waals surface area (Å²) in [5.74, 6) is -0.307. The molecule has 3 heterocycles. The minimum absolute atomic E-state index is 0.0351. The van der Waals surface area contributed by atoms with Gasteiger partial charge in [-0.1, -0.05) is 75.7 Å². The Labute approximate surface area is 298 Å². The molecule has 0 aliphatic carbocycles. The third-order valence-electron chi connectivity index (χ3n) is 12.0. The Bertz CT molecular complexity index is 1210. The maximum absolute atomic E-state index is 14.9. The molecule has 2 unspecified atom stereocenters. The number of fused-ring (bicyclic) bond motifs is 1. The minimum Gasteiger partial charge on any atom is -0.458 e. The highest BCUT2D eigenvalue weighted by atomic mass is 32.1. The fourth-order valence-electron chi connectivity index (χ4n) is 7.75. The summed E-state index contributed by atoms with van der Waals surface area (Å²) in [5.41, 5.74) is 0.922. The van der Waals surface area contributed by atoms with Gasteiger partial charge in [0.2, 0.25) is 0 Å². The van der Waals surface area contributed by atoms with E-state index in [1.54, 1.807) is 11.3 Å². The van der Waals surface area contributed by atoms with E-state index >= 15 is 0 Å². The molecule has 7 nitrogen and oxygen atoms in total. The van der Waals surface area contributed by atoms with Crippen LogP contribution in [-0.4, -0.2) is 63.9 Å². The molecule has 0 bridgehead atoms. The van der Waals surface area contributed by atoms with Gasteiger partial charge in [-0.2, -0.15) is 0 Å². The largest absolute Gasteiger partial charge is 0.458 e. The first-order valence-corrected chi connectivity index (χ1v) is 24.9. The average Bonchev–Trinajstić information content (AvgIpc) is 3.68. The number of carbonyl (C=O) groups is 2. The van der Waals surface area contributed by atoms with Gasteiger partial charge in [0.15, 0.2) is 16.6 Å². The quantitative estimate of drug-likeness (QED) is 0.121. The zero-order valence-corrected chi connectivity index (χ0v) is 35.1. The Morgan fingerprint density at radius 1 is 0.958 bits per heavy atom. The Kier molecular flexibility index (Phi) is 15.3. The van der Waals surface area contributed by atoms with Gasteiger partial charge in [-0.3, -0.25) is 9.59 Å². The van der Waals surface area contributed by atoms with Crippen LogP contribution in [0.25, 0.3) is 6.08 Å². The van der Waals surface area contributed by atoms with Crippen LogP contribution in [0.5, 0.6) is 0 Å². The number of epoxide rings is 1. The van der Waals surface area contributed by atoms with E-state index in [0.29, 0.717) is 6.42 Å². The Morgan fingerprint density at radius 3 is 2.08 bits per heavy atom. The molecule has 2 aliphatic rings. The minimum atomic E-state index is -2.20. The standard InChI is InChI=1S/C38H67NO6SSi2/c1-13-47(14-2,15-3)44-34-24-35(40)43-32(27(8)22-30-25-46-29(10)39-30)23-33-31(42-33)21-19-20-26(7)36(28(9)37(41)38(34,11)12)45-48(16-4,17-5)18-6/h22,25-26,28,31-34,36H,13-21,23-24H2,1-12H3/b27-22+/t26?,28-,31-,32?,33+,34+,36+/m1/s1. The number of ether oxygens (including phenoxy) is 2. The number of esters is 1. The highest BCUT2D eigenvalue weighted by Crippen LogP contribution is 2.41. The highest BCUT2D eigenvalue weighted by Gasteiger charge is 2.49.